The van der Waals surface area contributed by atoms with Crippen molar-refractivity contribution in [2.24, 2.45) is 10.8 Å². The summed E-state index contributed by atoms with van der Waals surface area (Å²) in [4.78, 5) is 84.5. The Morgan fingerprint density at radius 1 is 0.609 bits per heavy atom. The highest BCUT2D eigenvalue weighted by molar-refractivity contribution is 5.99. The Hall–Kier alpha value is -6.19. The Balaban J connectivity index is 1.25. The molecule has 2 aliphatic rings. The van der Waals surface area contributed by atoms with Crippen LogP contribution in [0.2, 0.25) is 0 Å². The third-order valence-electron chi connectivity index (χ3n) is 11.7. The lowest BCUT2D eigenvalue weighted by atomic mass is 9.85. The number of anilines is 3. The topological polar surface area (TPSA) is 179 Å². The first-order valence-corrected chi connectivity index (χ1v) is 21.9. The molecule has 0 radical (unpaired) electrons. The minimum absolute atomic E-state index is 0.314. The van der Waals surface area contributed by atoms with Gasteiger partial charge in [0.15, 0.2) is 0 Å². The third kappa shape index (κ3) is 12.9. The molecule has 4 N–H and O–H groups in total. The van der Waals surface area contributed by atoms with Crippen molar-refractivity contribution >= 4 is 52.9 Å². The summed E-state index contributed by atoms with van der Waals surface area (Å²) in [6.07, 6.45) is 2.58. The number of nitrogens with zero attached hydrogens (tertiary/aromatic N) is 3. The molecule has 0 saturated carbocycles. The number of rotatable bonds is 13. The molecular weight excluding hydrogens is 822 g/mol. The first-order chi connectivity index (χ1) is 30.3. The maximum absolute atomic E-state index is 14.0. The SMILES string of the molecule is COC(=O)NC(C(=O)N1CCCCC1C(=O)Nc1ccc(CN(Cc2ccc(NC(=O)C3CCCCN3C(=O)C(NC(=O)OC)C(C)(C)C)cc2)c2ccc(F)cc2)cc1)C(C)(C)C. The van der Waals surface area contributed by atoms with Crippen LogP contribution >= 0.6 is 0 Å². The second-order valence-electron chi connectivity index (χ2n) is 18.7. The van der Waals surface area contributed by atoms with Crippen LogP contribution in [0.15, 0.2) is 72.8 Å². The lowest BCUT2D eigenvalue weighted by Crippen LogP contribution is -2.59. The quantitative estimate of drug-likeness (QED) is 0.138. The highest BCUT2D eigenvalue weighted by atomic mass is 19.1. The van der Waals surface area contributed by atoms with E-state index < -0.39 is 47.2 Å². The number of halogens is 1. The number of amides is 6. The molecule has 15 nitrogen and oxygen atoms in total. The number of ether oxygens (including phenoxy) is 2. The van der Waals surface area contributed by atoms with Crippen molar-refractivity contribution in [2.75, 3.05) is 42.8 Å². The molecule has 5 rings (SSSR count). The second kappa shape index (κ2) is 21.5. The monoisotopic (exact) mass is 885 g/mol. The average molecular weight is 886 g/mol. The Morgan fingerprint density at radius 2 is 0.984 bits per heavy atom. The molecule has 2 saturated heterocycles. The number of nitrogens with one attached hydrogen (secondary N) is 4. The van der Waals surface area contributed by atoms with Crippen molar-refractivity contribution in [3.63, 3.8) is 0 Å². The van der Waals surface area contributed by atoms with Crippen LogP contribution in [0.25, 0.3) is 0 Å². The summed E-state index contributed by atoms with van der Waals surface area (Å²) in [5.41, 5.74) is 2.49. The van der Waals surface area contributed by atoms with Crippen molar-refractivity contribution in [1.82, 2.24) is 20.4 Å². The number of benzene rings is 3. The van der Waals surface area contributed by atoms with Crippen LogP contribution in [-0.2, 0) is 41.7 Å². The van der Waals surface area contributed by atoms with Gasteiger partial charge in [0, 0.05) is 43.2 Å². The number of likely N-dealkylation sites (tertiary alicyclic amines) is 2. The Bertz CT molecular complexity index is 1970. The van der Waals surface area contributed by atoms with Gasteiger partial charge in [0.05, 0.1) is 14.2 Å². The summed E-state index contributed by atoms with van der Waals surface area (Å²) in [7, 11) is 2.48. The molecule has 0 spiro atoms. The lowest BCUT2D eigenvalue weighted by molar-refractivity contribution is -0.144. The molecule has 2 fully saturated rings. The molecule has 0 bridgehead atoms. The zero-order valence-corrected chi connectivity index (χ0v) is 38.3. The summed E-state index contributed by atoms with van der Waals surface area (Å²) in [5.74, 6) is -1.66. The lowest BCUT2D eigenvalue weighted by Gasteiger charge is -2.40. The number of carbonyl (C=O) groups excluding carboxylic acids is 6. The minimum Gasteiger partial charge on any atom is -0.453 e. The molecule has 3 aromatic carbocycles. The van der Waals surface area contributed by atoms with Crippen LogP contribution in [0.1, 0.15) is 91.2 Å². The maximum atomic E-state index is 14.0. The predicted octanol–water partition coefficient (Wildman–Crippen LogP) is 7.21. The van der Waals surface area contributed by atoms with Gasteiger partial charge in [0.1, 0.15) is 30.0 Å². The van der Waals surface area contributed by atoms with E-state index in [9.17, 15) is 33.2 Å². The van der Waals surface area contributed by atoms with Gasteiger partial charge in [-0.15, -0.1) is 0 Å². The average Bonchev–Trinajstić information content (AvgIpc) is 3.27. The number of hydrogen-bond acceptors (Lipinski definition) is 9. The summed E-state index contributed by atoms with van der Waals surface area (Å²) in [6.45, 7) is 12.7. The Morgan fingerprint density at radius 3 is 1.33 bits per heavy atom. The van der Waals surface area contributed by atoms with Gasteiger partial charge in [-0.05, 0) is 109 Å². The Labute approximate surface area is 375 Å². The molecule has 16 heteroatoms. The van der Waals surface area contributed by atoms with Crippen LogP contribution in [0, 0.1) is 16.6 Å². The van der Waals surface area contributed by atoms with Crippen LogP contribution in [-0.4, -0.2) is 97.1 Å². The van der Waals surface area contributed by atoms with Gasteiger partial charge in [-0.1, -0.05) is 65.8 Å². The zero-order valence-electron chi connectivity index (χ0n) is 38.3. The van der Waals surface area contributed by atoms with E-state index in [1.54, 1.807) is 46.2 Å². The van der Waals surface area contributed by atoms with E-state index >= 15 is 0 Å². The summed E-state index contributed by atoms with van der Waals surface area (Å²) in [6, 6.07) is 17.8. The maximum Gasteiger partial charge on any atom is 0.407 e. The van der Waals surface area contributed by atoms with Gasteiger partial charge in [-0.25, -0.2) is 14.0 Å². The molecule has 4 atom stereocenters. The van der Waals surface area contributed by atoms with Gasteiger partial charge in [-0.3, -0.25) is 19.2 Å². The number of piperidine rings is 2. The van der Waals surface area contributed by atoms with Gasteiger partial charge in [-0.2, -0.15) is 0 Å². The van der Waals surface area contributed by atoms with E-state index in [4.69, 9.17) is 9.47 Å². The molecule has 346 valence electrons. The fourth-order valence-corrected chi connectivity index (χ4v) is 8.09. The summed E-state index contributed by atoms with van der Waals surface area (Å²) >= 11 is 0. The van der Waals surface area contributed by atoms with Crippen LogP contribution in [0.5, 0.6) is 0 Å². The molecular formula is C48H64FN7O8. The first kappa shape index (κ1) is 48.8. The standard InChI is InChI=1S/C48H64FN7O8/c1-47(2,3)39(52-45(61)63-7)43(59)55-27-11-9-13-37(55)41(57)50-34-21-15-31(16-22-34)29-54(36-25-19-33(49)20-26-36)30-32-17-23-35(24-18-32)51-42(58)38-14-10-12-28-56(38)44(60)40(48(4,5)6)53-46(62)64-8/h15-26,37-40H,9-14,27-30H2,1-8H3,(H,50,57)(H,51,58)(H,52,61)(H,53,62). The van der Waals surface area contributed by atoms with E-state index in [1.165, 1.54) is 26.4 Å². The number of carbonyl (C=O) groups is 6. The van der Waals surface area contributed by atoms with Gasteiger partial charge >= 0.3 is 12.2 Å². The highest BCUT2D eigenvalue weighted by Gasteiger charge is 2.42. The largest absolute Gasteiger partial charge is 0.453 e. The van der Waals surface area contributed by atoms with E-state index in [2.05, 4.69) is 26.2 Å². The smallest absolute Gasteiger partial charge is 0.407 e. The van der Waals surface area contributed by atoms with Crippen LogP contribution in [0.3, 0.4) is 0 Å². The van der Waals surface area contributed by atoms with Crippen molar-refractivity contribution in [3.8, 4) is 0 Å². The molecule has 0 aliphatic carbocycles. The zero-order chi connectivity index (χ0) is 46.8. The molecule has 6 amide bonds. The van der Waals surface area contributed by atoms with Gasteiger partial charge in [0.25, 0.3) is 0 Å². The first-order valence-electron chi connectivity index (χ1n) is 21.9. The van der Waals surface area contributed by atoms with Crippen LogP contribution < -0.4 is 26.2 Å². The third-order valence-corrected chi connectivity index (χ3v) is 11.7. The van der Waals surface area contributed by atoms with Crippen molar-refractivity contribution in [1.29, 1.82) is 0 Å². The summed E-state index contributed by atoms with van der Waals surface area (Å²) < 4.78 is 23.6. The number of methoxy groups -OCH3 is 2. The van der Waals surface area contributed by atoms with E-state index in [-0.39, 0.29) is 29.4 Å². The number of alkyl carbamates (subject to hydrolysis) is 2. The van der Waals surface area contributed by atoms with E-state index in [0.29, 0.717) is 50.4 Å². The summed E-state index contributed by atoms with van der Waals surface area (Å²) in [5, 5.41) is 11.3. The molecule has 64 heavy (non-hydrogen) atoms. The second-order valence-corrected chi connectivity index (χ2v) is 18.7. The Kier molecular flexibility index (Phi) is 16.4. The van der Waals surface area contributed by atoms with E-state index in [0.717, 1.165) is 42.5 Å². The molecule has 0 aromatic heterocycles. The normalized spacial score (nSPS) is 17.6. The fraction of sp³-hybridized carbons (Fsp3) is 0.500. The molecule has 3 aromatic rings. The van der Waals surface area contributed by atoms with Crippen molar-refractivity contribution < 1.29 is 42.6 Å². The van der Waals surface area contributed by atoms with Crippen LogP contribution in [0.4, 0.5) is 31.0 Å². The molecule has 2 heterocycles. The van der Waals surface area contributed by atoms with Crippen molar-refractivity contribution in [2.45, 2.75) is 117 Å². The van der Waals surface area contributed by atoms with Gasteiger partial charge in [0.2, 0.25) is 23.6 Å². The molecule has 2 aliphatic heterocycles. The molecule has 4 unspecified atom stereocenters. The van der Waals surface area contributed by atoms with E-state index in [1.807, 2.05) is 65.8 Å². The minimum atomic E-state index is -0.890. The number of hydrogen-bond donors (Lipinski definition) is 4. The predicted molar refractivity (Wildman–Crippen MR) is 243 cm³/mol. The fourth-order valence-electron chi connectivity index (χ4n) is 8.09. The van der Waals surface area contributed by atoms with Crippen molar-refractivity contribution in [3.05, 3.63) is 89.7 Å². The van der Waals surface area contributed by atoms with Gasteiger partial charge < -0.3 is 45.4 Å². The highest BCUT2D eigenvalue weighted by Crippen LogP contribution is 2.29.